The molecule has 1 atom stereocenters. The van der Waals surface area contributed by atoms with Crippen molar-refractivity contribution in [3.8, 4) is 0 Å². The Balaban J connectivity index is 2.52. The lowest BCUT2D eigenvalue weighted by molar-refractivity contribution is 0.598. The van der Waals surface area contributed by atoms with Crippen LogP contribution in [-0.2, 0) is 0 Å². The molecular formula is C14H11BrCl2FN. The number of aryl methyl sites for hydroxylation is 1. The standard InChI is InChI=1S/C14H11BrCl2FN/c1-7-2-3-8(16)4-9(7)14(19)10-5-12(17)11(15)6-13(10)18/h2-6,14H,19H2,1H3. The van der Waals surface area contributed by atoms with E-state index in [1.54, 1.807) is 12.1 Å². The second-order valence-corrected chi connectivity index (χ2v) is 5.96. The topological polar surface area (TPSA) is 26.0 Å². The molecule has 1 nitrogen and oxygen atoms in total. The van der Waals surface area contributed by atoms with Gasteiger partial charge in [-0.3, -0.25) is 0 Å². The fourth-order valence-corrected chi connectivity index (χ4v) is 2.56. The molecule has 0 amide bonds. The summed E-state index contributed by atoms with van der Waals surface area (Å²) in [5.41, 5.74) is 8.22. The third-order valence-corrected chi connectivity index (χ3v) is 4.38. The van der Waals surface area contributed by atoms with Crippen molar-refractivity contribution in [1.82, 2.24) is 0 Å². The van der Waals surface area contributed by atoms with Gasteiger partial charge in [0.2, 0.25) is 0 Å². The highest BCUT2D eigenvalue weighted by Gasteiger charge is 2.17. The first-order valence-electron chi connectivity index (χ1n) is 5.56. The maximum atomic E-state index is 14.0. The van der Waals surface area contributed by atoms with Gasteiger partial charge in [0, 0.05) is 15.1 Å². The molecule has 19 heavy (non-hydrogen) atoms. The molecule has 0 saturated heterocycles. The zero-order valence-corrected chi connectivity index (χ0v) is 13.2. The Kier molecular flexibility index (Phi) is 4.51. The molecule has 5 heteroatoms. The van der Waals surface area contributed by atoms with Crippen LogP contribution >= 0.6 is 39.1 Å². The molecule has 0 bridgehead atoms. The van der Waals surface area contributed by atoms with Gasteiger partial charge in [0.25, 0.3) is 0 Å². The number of nitrogens with two attached hydrogens (primary N) is 1. The Morgan fingerprint density at radius 3 is 2.53 bits per heavy atom. The summed E-state index contributed by atoms with van der Waals surface area (Å²) >= 11 is 15.1. The lowest BCUT2D eigenvalue weighted by atomic mass is 9.95. The highest BCUT2D eigenvalue weighted by Crippen LogP contribution is 2.32. The van der Waals surface area contributed by atoms with Crippen molar-refractivity contribution in [3.05, 3.63) is 67.4 Å². The van der Waals surface area contributed by atoms with Crippen molar-refractivity contribution in [3.63, 3.8) is 0 Å². The SMILES string of the molecule is Cc1ccc(Cl)cc1C(N)c1cc(Cl)c(Br)cc1F. The number of hydrogen-bond acceptors (Lipinski definition) is 1. The largest absolute Gasteiger partial charge is 0.320 e. The molecule has 2 aromatic carbocycles. The van der Waals surface area contributed by atoms with Crippen LogP contribution in [0.3, 0.4) is 0 Å². The van der Waals surface area contributed by atoms with E-state index in [4.69, 9.17) is 28.9 Å². The van der Waals surface area contributed by atoms with Crippen LogP contribution in [0, 0.1) is 12.7 Å². The van der Waals surface area contributed by atoms with Crippen LogP contribution in [0.25, 0.3) is 0 Å². The van der Waals surface area contributed by atoms with Crippen LogP contribution in [0.2, 0.25) is 10.0 Å². The third-order valence-electron chi connectivity index (χ3n) is 2.95. The highest BCUT2D eigenvalue weighted by atomic mass is 79.9. The van der Waals surface area contributed by atoms with Gasteiger partial charge in [-0.1, -0.05) is 29.3 Å². The minimum absolute atomic E-state index is 0.346. The van der Waals surface area contributed by atoms with Crippen molar-refractivity contribution in [2.45, 2.75) is 13.0 Å². The maximum absolute atomic E-state index is 14.0. The van der Waals surface area contributed by atoms with E-state index in [0.29, 0.717) is 20.1 Å². The Bertz CT molecular complexity index is 631. The van der Waals surface area contributed by atoms with E-state index in [-0.39, 0.29) is 0 Å². The summed E-state index contributed by atoms with van der Waals surface area (Å²) in [6.07, 6.45) is 0. The first kappa shape index (κ1) is 14.8. The summed E-state index contributed by atoms with van der Waals surface area (Å²) in [4.78, 5) is 0. The van der Waals surface area contributed by atoms with E-state index < -0.39 is 11.9 Å². The molecule has 0 aliphatic carbocycles. The van der Waals surface area contributed by atoms with Gasteiger partial charge >= 0.3 is 0 Å². The predicted molar refractivity (Wildman–Crippen MR) is 81.3 cm³/mol. The van der Waals surface area contributed by atoms with Crippen LogP contribution in [-0.4, -0.2) is 0 Å². The number of hydrogen-bond donors (Lipinski definition) is 1. The summed E-state index contributed by atoms with van der Waals surface area (Å²) in [6.45, 7) is 1.91. The second kappa shape index (κ2) is 5.80. The average Bonchev–Trinajstić information content (AvgIpc) is 2.36. The predicted octanol–water partition coefficient (Wildman–Crippen LogP) is 5.25. The van der Waals surface area contributed by atoms with Crippen LogP contribution in [0.1, 0.15) is 22.7 Å². The van der Waals surface area contributed by atoms with Gasteiger partial charge in [-0.05, 0) is 58.2 Å². The fourth-order valence-electron chi connectivity index (χ4n) is 1.89. The molecule has 0 heterocycles. The lowest BCUT2D eigenvalue weighted by Gasteiger charge is -2.17. The molecule has 0 aliphatic rings. The monoisotopic (exact) mass is 361 g/mol. The molecule has 100 valence electrons. The van der Waals surface area contributed by atoms with E-state index in [1.165, 1.54) is 12.1 Å². The van der Waals surface area contributed by atoms with Gasteiger partial charge < -0.3 is 5.73 Å². The van der Waals surface area contributed by atoms with Crippen LogP contribution < -0.4 is 5.73 Å². The van der Waals surface area contributed by atoms with Crippen molar-refractivity contribution in [2.24, 2.45) is 5.73 Å². The first-order chi connectivity index (χ1) is 8.90. The Hall–Kier alpha value is -0.610. The van der Waals surface area contributed by atoms with Crippen LogP contribution in [0.15, 0.2) is 34.8 Å². The Labute approximate surface area is 129 Å². The molecule has 0 radical (unpaired) electrons. The minimum Gasteiger partial charge on any atom is -0.320 e. The third kappa shape index (κ3) is 3.11. The molecule has 0 fully saturated rings. The molecule has 2 rings (SSSR count). The zero-order valence-electron chi connectivity index (χ0n) is 10.1. The highest BCUT2D eigenvalue weighted by molar-refractivity contribution is 9.10. The van der Waals surface area contributed by atoms with Crippen LogP contribution in [0.5, 0.6) is 0 Å². The normalized spacial score (nSPS) is 12.5. The number of rotatable bonds is 2. The molecule has 0 saturated carbocycles. The van der Waals surface area contributed by atoms with E-state index in [9.17, 15) is 4.39 Å². The smallest absolute Gasteiger partial charge is 0.129 e. The van der Waals surface area contributed by atoms with E-state index in [0.717, 1.165) is 11.1 Å². The molecule has 2 N–H and O–H groups in total. The first-order valence-corrected chi connectivity index (χ1v) is 7.11. The van der Waals surface area contributed by atoms with Gasteiger partial charge in [0.1, 0.15) is 5.82 Å². The summed E-state index contributed by atoms with van der Waals surface area (Å²) in [5.74, 6) is -0.400. The minimum atomic E-state index is -0.607. The van der Waals surface area contributed by atoms with E-state index >= 15 is 0 Å². The molecule has 2 aromatic rings. The molecular weight excluding hydrogens is 352 g/mol. The summed E-state index contributed by atoms with van der Waals surface area (Å²) in [6, 6.07) is 7.62. The fraction of sp³-hybridized carbons (Fsp3) is 0.143. The molecule has 1 unspecified atom stereocenters. The lowest BCUT2D eigenvalue weighted by Crippen LogP contribution is -2.15. The summed E-state index contributed by atoms with van der Waals surface area (Å²) in [7, 11) is 0. The molecule has 0 spiro atoms. The van der Waals surface area contributed by atoms with Gasteiger partial charge in [-0.15, -0.1) is 0 Å². The summed E-state index contributed by atoms with van der Waals surface area (Å²) < 4.78 is 14.5. The van der Waals surface area contributed by atoms with Crippen LogP contribution in [0.4, 0.5) is 4.39 Å². The quantitative estimate of drug-likeness (QED) is 0.725. The molecule has 0 aliphatic heterocycles. The van der Waals surface area contributed by atoms with Crippen molar-refractivity contribution in [2.75, 3.05) is 0 Å². The van der Waals surface area contributed by atoms with Crippen molar-refractivity contribution < 1.29 is 4.39 Å². The molecule has 0 aromatic heterocycles. The van der Waals surface area contributed by atoms with Crippen molar-refractivity contribution >= 4 is 39.1 Å². The maximum Gasteiger partial charge on any atom is 0.129 e. The zero-order chi connectivity index (χ0) is 14.2. The van der Waals surface area contributed by atoms with Crippen molar-refractivity contribution in [1.29, 1.82) is 0 Å². The van der Waals surface area contributed by atoms with E-state index in [1.807, 2.05) is 13.0 Å². The number of benzene rings is 2. The van der Waals surface area contributed by atoms with E-state index in [2.05, 4.69) is 15.9 Å². The van der Waals surface area contributed by atoms with Gasteiger partial charge in [0.05, 0.1) is 11.1 Å². The Morgan fingerprint density at radius 1 is 1.16 bits per heavy atom. The average molecular weight is 363 g/mol. The Morgan fingerprint density at radius 2 is 1.84 bits per heavy atom. The van der Waals surface area contributed by atoms with Gasteiger partial charge in [0.15, 0.2) is 0 Å². The number of halogens is 4. The second-order valence-electron chi connectivity index (χ2n) is 4.27. The van der Waals surface area contributed by atoms with Gasteiger partial charge in [-0.25, -0.2) is 4.39 Å². The summed E-state index contributed by atoms with van der Waals surface area (Å²) in [5, 5.41) is 0.992. The van der Waals surface area contributed by atoms with Gasteiger partial charge in [-0.2, -0.15) is 0 Å².